The van der Waals surface area contributed by atoms with Crippen LogP contribution in [0.3, 0.4) is 0 Å². The summed E-state index contributed by atoms with van der Waals surface area (Å²) in [6.07, 6.45) is 3.94. The number of nitrogens with zero attached hydrogens (tertiary/aromatic N) is 2. The molecule has 0 heterocycles. The zero-order valence-electron chi connectivity index (χ0n) is 11.4. The third kappa shape index (κ3) is 3.93. The molecule has 2 nitrogen and oxygen atoms in total. The van der Waals surface area contributed by atoms with Crippen LogP contribution in [0.5, 0.6) is 0 Å². The topological polar surface area (TPSA) is 47.6 Å². The smallest absolute Gasteiger partial charge is 0.138 e. The van der Waals surface area contributed by atoms with Gasteiger partial charge in [-0.2, -0.15) is 10.5 Å². The fourth-order valence-corrected chi connectivity index (χ4v) is 4.23. The lowest BCUT2D eigenvalue weighted by Gasteiger charge is -2.11. The molecule has 0 N–H and O–H groups in total. The molecule has 1 aromatic carbocycles. The molecule has 0 bridgehead atoms. The SMILES string of the molecule is CSC(SC)=C(Br)C(=C(C#N)C#N)c1ccc(C)cc1. The Morgan fingerprint density at radius 3 is 1.95 bits per heavy atom. The lowest BCUT2D eigenvalue weighted by Crippen LogP contribution is -1.92. The predicted molar refractivity (Wildman–Crippen MR) is 92.3 cm³/mol. The first-order valence-corrected chi connectivity index (χ1v) is 8.92. The minimum absolute atomic E-state index is 0.112. The fourth-order valence-electron chi connectivity index (χ4n) is 1.60. The number of hydrogen-bond acceptors (Lipinski definition) is 4. The molecule has 0 saturated heterocycles. The molecular formula is C15H13BrN2S2. The lowest BCUT2D eigenvalue weighted by atomic mass is 10.00. The van der Waals surface area contributed by atoms with Crippen LogP contribution in [0.2, 0.25) is 0 Å². The standard InChI is InChI=1S/C15H13BrN2S2/c1-10-4-6-11(7-5-10)13(12(8-17)9-18)14(16)15(19-2)20-3/h4-7H,1-3H3. The molecule has 0 unspecified atom stereocenters. The van der Waals surface area contributed by atoms with Crippen LogP contribution in [0.1, 0.15) is 11.1 Å². The first-order chi connectivity index (χ1) is 9.58. The third-order valence-corrected chi connectivity index (χ3v) is 6.05. The zero-order chi connectivity index (χ0) is 15.1. The number of benzene rings is 1. The van der Waals surface area contributed by atoms with Gasteiger partial charge in [0.05, 0.1) is 4.24 Å². The Morgan fingerprint density at radius 2 is 1.55 bits per heavy atom. The van der Waals surface area contributed by atoms with E-state index in [1.165, 1.54) is 0 Å². The molecule has 0 saturated carbocycles. The molecule has 0 aliphatic rings. The summed E-state index contributed by atoms with van der Waals surface area (Å²) in [6.45, 7) is 2.00. The summed E-state index contributed by atoms with van der Waals surface area (Å²) in [4.78, 5) is 0. The number of rotatable bonds is 4. The molecule has 0 fully saturated rings. The van der Waals surface area contributed by atoms with E-state index in [9.17, 15) is 10.5 Å². The van der Waals surface area contributed by atoms with Gasteiger partial charge >= 0.3 is 0 Å². The summed E-state index contributed by atoms with van der Waals surface area (Å²) >= 11 is 6.72. The quantitative estimate of drug-likeness (QED) is 0.551. The average Bonchev–Trinajstić information content (AvgIpc) is 2.47. The fraction of sp³-hybridized carbons (Fsp3) is 0.200. The third-order valence-electron chi connectivity index (χ3n) is 2.58. The predicted octanol–water partition coefficient (Wildman–Crippen LogP) is 5.09. The molecule has 0 aromatic heterocycles. The van der Waals surface area contributed by atoms with Crippen LogP contribution in [-0.2, 0) is 0 Å². The van der Waals surface area contributed by atoms with Gasteiger partial charge in [-0.1, -0.05) is 29.8 Å². The van der Waals surface area contributed by atoms with Gasteiger partial charge < -0.3 is 0 Å². The van der Waals surface area contributed by atoms with Crippen molar-refractivity contribution in [1.82, 2.24) is 0 Å². The van der Waals surface area contributed by atoms with Crippen molar-refractivity contribution in [3.63, 3.8) is 0 Å². The summed E-state index contributed by atoms with van der Waals surface area (Å²) in [6, 6.07) is 11.8. The highest BCUT2D eigenvalue weighted by Gasteiger charge is 2.16. The molecule has 1 aromatic rings. The van der Waals surface area contributed by atoms with Gasteiger partial charge in [0.2, 0.25) is 0 Å². The largest absolute Gasteiger partial charge is 0.192 e. The van der Waals surface area contributed by atoms with Crippen LogP contribution < -0.4 is 0 Å². The van der Waals surface area contributed by atoms with Crippen molar-refractivity contribution in [2.45, 2.75) is 6.92 Å². The second kappa shape index (κ2) is 8.21. The van der Waals surface area contributed by atoms with Crippen LogP contribution in [0.4, 0.5) is 0 Å². The molecule has 0 aliphatic heterocycles. The highest BCUT2D eigenvalue weighted by atomic mass is 79.9. The minimum atomic E-state index is 0.112. The highest BCUT2D eigenvalue weighted by Crippen LogP contribution is 2.40. The number of thioether (sulfide) groups is 2. The molecule has 0 spiro atoms. The zero-order valence-corrected chi connectivity index (χ0v) is 14.6. The summed E-state index contributed by atoms with van der Waals surface area (Å²) in [5, 5.41) is 18.4. The van der Waals surface area contributed by atoms with Crippen molar-refractivity contribution in [2.24, 2.45) is 0 Å². The van der Waals surface area contributed by atoms with E-state index in [1.807, 2.05) is 55.8 Å². The van der Waals surface area contributed by atoms with Gasteiger partial charge in [0.1, 0.15) is 17.7 Å². The van der Waals surface area contributed by atoms with E-state index in [-0.39, 0.29) is 5.57 Å². The second-order valence-corrected chi connectivity index (χ2v) is 6.53. The van der Waals surface area contributed by atoms with Crippen molar-refractivity contribution >= 4 is 45.0 Å². The Kier molecular flexibility index (Phi) is 6.95. The van der Waals surface area contributed by atoms with E-state index < -0.39 is 0 Å². The van der Waals surface area contributed by atoms with Crippen molar-refractivity contribution in [3.8, 4) is 12.1 Å². The molecule has 0 atom stereocenters. The normalized spacial score (nSPS) is 9.30. The van der Waals surface area contributed by atoms with E-state index in [4.69, 9.17) is 0 Å². The molecule has 5 heteroatoms. The van der Waals surface area contributed by atoms with Gasteiger partial charge in [-0.25, -0.2) is 0 Å². The molecule has 0 amide bonds. The van der Waals surface area contributed by atoms with Crippen LogP contribution in [0.15, 0.2) is 38.6 Å². The van der Waals surface area contributed by atoms with E-state index in [0.29, 0.717) is 5.57 Å². The molecule has 0 aliphatic carbocycles. The van der Waals surface area contributed by atoms with Gasteiger partial charge in [-0.3, -0.25) is 0 Å². The van der Waals surface area contributed by atoms with Crippen LogP contribution >= 0.6 is 39.5 Å². The number of aryl methyl sites for hydroxylation is 1. The maximum absolute atomic E-state index is 9.20. The molecule has 102 valence electrons. The average molecular weight is 365 g/mol. The van der Waals surface area contributed by atoms with Gasteiger partial charge in [-0.05, 0) is 40.9 Å². The number of halogens is 1. The Morgan fingerprint density at radius 1 is 1.05 bits per heavy atom. The number of allylic oxidation sites excluding steroid dienone is 3. The van der Waals surface area contributed by atoms with Gasteiger partial charge in [0, 0.05) is 10.1 Å². The molecular weight excluding hydrogens is 352 g/mol. The van der Waals surface area contributed by atoms with E-state index >= 15 is 0 Å². The Bertz CT molecular complexity index is 609. The van der Waals surface area contributed by atoms with Gasteiger partial charge in [-0.15, -0.1) is 23.5 Å². The number of nitriles is 2. The minimum Gasteiger partial charge on any atom is -0.192 e. The molecule has 1 rings (SSSR count). The number of hydrogen-bond donors (Lipinski definition) is 0. The van der Waals surface area contributed by atoms with Crippen molar-refractivity contribution < 1.29 is 0 Å². The first kappa shape index (κ1) is 16.9. The maximum atomic E-state index is 9.20. The van der Waals surface area contributed by atoms with Crippen molar-refractivity contribution in [3.05, 3.63) is 49.7 Å². The van der Waals surface area contributed by atoms with E-state index in [0.717, 1.165) is 19.8 Å². The van der Waals surface area contributed by atoms with Gasteiger partial charge in [0.25, 0.3) is 0 Å². The monoisotopic (exact) mass is 364 g/mol. The summed E-state index contributed by atoms with van der Waals surface area (Å²) in [5.41, 5.74) is 2.76. The summed E-state index contributed by atoms with van der Waals surface area (Å²) in [5.74, 6) is 0. The summed E-state index contributed by atoms with van der Waals surface area (Å²) < 4.78 is 1.82. The molecule has 0 radical (unpaired) electrons. The van der Waals surface area contributed by atoms with Crippen LogP contribution in [0.25, 0.3) is 5.57 Å². The first-order valence-electron chi connectivity index (χ1n) is 5.68. The van der Waals surface area contributed by atoms with Crippen LogP contribution in [0, 0.1) is 29.6 Å². The Balaban J connectivity index is 3.59. The van der Waals surface area contributed by atoms with E-state index in [2.05, 4.69) is 15.9 Å². The Hall–Kier alpha value is -1.14. The maximum Gasteiger partial charge on any atom is 0.138 e. The highest BCUT2D eigenvalue weighted by molar-refractivity contribution is 9.12. The van der Waals surface area contributed by atoms with Crippen LogP contribution in [-0.4, -0.2) is 12.5 Å². The summed E-state index contributed by atoms with van der Waals surface area (Å²) in [7, 11) is 0. The van der Waals surface area contributed by atoms with Crippen molar-refractivity contribution in [1.29, 1.82) is 10.5 Å². The van der Waals surface area contributed by atoms with E-state index in [1.54, 1.807) is 23.5 Å². The van der Waals surface area contributed by atoms with Gasteiger partial charge in [0.15, 0.2) is 0 Å². The molecule has 20 heavy (non-hydrogen) atoms. The lowest BCUT2D eigenvalue weighted by molar-refractivity contribution is 1.43. The second-order valence-electron chi connectivity index (χ2n) is 3.85. The Labute approximate surface area is 136 Å². The van der Waals surface area contributed by atoms with Crippen molar-refractivity contribution in [2.75, 3.05) is 12.5 Å².